The van der Waals surface area contributed by atoms with Gasteiger partial charge in [0.15, 0.2) is 0 Å². The van der Waals surface area contributed by atoms with Crippen molar-refractivity contribution in [2.24, 2.45) is 17.3 Å². The molecule has 1 N–H and O–H groups in total. The molecule has 3 heteroatoms. The number of rotatable bonds is 2. The Hall–Kier alpha value is -1.77. The van der Waals surface area contributed by atoms with E-state index < -0.39 is 5.97 Å². The van der Waals surface area contributed by atoms with Crippen LogP contribution in [-0.4, -0.2) is 18.2 Å². The average molecular weight is 312 g/mol. The van der Waals surface area contributed by atoms with Gasteiger partial charge < -0.3 is 9.84 Å². The van der Waals surface area contributed by atoms with Crippen molar-refractivity contribution in [1.29, 1.82) is 0 Å². The molecule has 1 fully saturated rings. The highest BCUT2D eigenvalue weighted by atomic mass is 16.5. The van der Waals surface area contributed by atoms with E-state index >= 15 is 0 Å². The highest BCUT2D eigenvalue weighted by Gasteiger charge is 2.48. The number of hydrogen-bond acceptors (Lipinski definition) is 2. The molecule has 4 rings (SSSR count). The monoisotopic (exact) mass is 312 g/mol. The van der Waals surface area contributed by atoms with Crippen LogP contribution in [-0.2, 0) is 6.42 Å². The Balaban J connectivity index is 1.75. The summed E-state index contributed by atoms with van der Waals surface area (Å²) in [7, 11) is 1.56. The van der Waals surface area contributed by atoms with Gasteiger partial charge in [0.05, 0.1) is 7.11 Å². The van der Waals surface area contributed by atoms with E-state index in [2.05, 4.69) is 19.1 Å². The van der Waals surface area contributed by atoms with Gasteiger partial charge in [0.2, 0.25) is 0 Å². The molecule has 0 saturated heterocycles. The second-order valence-electron chi connectivity index (χ2n) is 7.65. The summed E-state index contributed by atoms with van der Waals surface area (Å²) in [5.74, 6) is 1.64. The standard InChI is InChI=1S/C20H24O3/c1-20-8-3-4-17(20)14-6-5-12-10-16(19(21)22)18(23-2)11-15(12)13(14)7-9-20/h3,8,10-11,13-14,17H,4-7,9H2,1-2H3,(H,21,22)/t13?,14?,17?,20-/m0/s1. The van der Waals surface area contributed by atoms with Crippen molar-refractivity contribution in [3.05, 3.63) is 41.0 Å². The number of fused-ring (bicyclic) bond motifs is 5. The van der Waals surface area contributed by atoms with Gasteiger partial charge in [-0.15, -0.1) is 0 Å². The Morgan fingerprint density at radius 3 is 2.91 bits per heavy atom. The van der Waals surface area contributed by atoms with Crippen LogP contribution in [0.3, 0.4) is 0 Å². The van der Waals surface area contributed by atoms with Crippen LogP contribution in [0, 0.1) is 17.3 Å². The minimum absolute atomic E-state index is 0.299. The summed E-state index contributed by atoms with van der Waals surface area (Å²) in [6.07, 6.45) is 10.6. The number of aromatic carboxylic acids is 1. The molecular weight excluding hydrogens is 288 g/mol. The lowest BCUT2D eigenvalue weighted by Gasteiger charge is -2.49. The molecule has 23 heavy (non-hydrogen) atoms. The molecule has 1 aromatic rings. The summed E-state index contributed by atoms with van der Waals surface area (Å²) in [5, 5.41) is 9.40. The molecule has 4 atom stereocenters. The largest absolute Gasteiger partial charge is 0.496 e. The summed E-state index contributed by atoms with van der Waals surface area (Å²) in [4.78, 5) is 11.5. The number of carboxylic acids is 1. The fraction of sp³-hybridized carbons (Fsp3) is 0.550. The van der Waals surface area contributed by atoms with Gasteiger partial charge in [0.25, 0.3) is 0 Å². The van der Waals surface area contributed by atoms with Gasteiger partial charge in [-0.2, -0.15) is 0 Å². The quantitative estimate of drug-likeness (QED) is 0.823. The van der Waals surface area contributed by atoms with E-state index in [-0.39, 0.29) is 0 Å². The Kier molecular flexibility index (Phi) is 3.29. The molecule has 3 unspecified atom stereocenters. The number of carboxylic acid groups (broad SMARTS) is 1. The molecule has 0 heterocycles. The Morgan fingerprint density at radius 2 is 2.17 bits per heavy atom. The average Bonchev–Trinajstić information content (AvgIpc) is 2.94. The number of allylic oxidation sites excluding steroid dienone is 2. The molecule has 0 bridgehead atoms. The summed E-state index contributed by atoms with van der Waals surface area (Å²) >= 11 is 0. The molecular formula is C20H24O3. The highest BCUT2D eigenvalue weighted by molar-refractivity contribution is 5.91. The first kappa shape index (κ1) is 14.8. The van der Waals surface area contributed by atoms with Gasteiger partial charge in [-0.3, -0.25) is 0 Å². The van der Waals surface area contributed by atoms with Crippen molar-refractivity contribution >= 4 is 5.97 Å². The molecule has 3 aliphatic rings. The zero-order chi connectivity index (χ0) is 16.2. The summed E-state index contributed by atoms with van der Waals surface area (Å²) in [6, 6.07) is 3.87. The van der Waals surface area contributed by atoms with Crippen LogP contribution in [0.15, 0.2) is 24.3 Å². The summed E-state index contributed by atoms with van der Waals surface area (Å²) in [5.41, 5.74) is 3.24. The van der Waals surface area contributed by atoms with Crippen molar-refractivity contribution in [2.75, 3.05) is 7.11 Å². The van der Waals surface area contributed by atoms with E-state index in [0.717, 1.165) is 18.3 Å². The fourth-order valence-electron chi connectivity index (χ4n) is 5.42. The highest BCUT2D eigenvalue weighted by Crippen LogP contribution is 2.58. The van der Waals surface area contributed by atoms with Gasteiger partial charge in [-0.05, 0) is 78.5 Å². The lowest BCUT2D eigenvalue weighted by Crippen LogP contribution is -2.39. The maximum absolute atomic E-state index is 11.5. The number of carbonyl (C=O) groups is 1. The predicted octanol–water partition coefficient (Wildman–Crippen LogP) is 4.42. The van der Waals surface area contributed by atoms with E-state index in [1.54, 1.807) is 7.11 Å². The molecule has 0 aromatic heterocycles. The molecule has 0 aliphatic heterocycles. The van der Waals surface area contributed by atoms with E-state index in [0.29, 0.717) is 22.6 Å². The predicted molar refractivity (Wildman–Crippen MR) is 89.1 cm³/mol. The molecule has 1 aromatic carbocycles. The van der Waals surface area contributed by atoms with Gasteiger partial charge >= 0.3 is 5.97 Å². The topological polar surface area (TPSA) is 46.5 Å². The summed E-state index contributed by atoms with van der Waals surface area (Å²) < 4.78 is 5.37. The first-order valence-electron chi connectivity index (χ1n) is 8.65. The van der Waals surface area contributed by atoms with E-state index in [1.165, 1.54) is 36.8 Å². The Labute approximate surface area is 137 Å². The SMILES string of the molecule is COc1cc2c(cc1C(=O)O)CCC1C2CC[C@]2(C)C=CCC12. The number of hydrogen-bond donors (Lipinski definition) is 1. The summed E-state index contributed by atoms with van der Waals surface area (Å²) in [6.45, 7) is 2.42. The van der Waals surface area contributed by atoms with E-state index in [1.807, 2.05) is 12.1 Å². The smallest absolute Gasteiger partial charge is 0.339 e. The van der Waals surface area contributed by atoms with Crippen LogP contribution >= 0.6 is 0 Å². The normalized spacial score (nSPS) is 34.4. The number of methoxy groups -OCH3 is 1. The molecule has 122 valence electrons. The van der Waals surface area contributed by atoms with Crippen LogP contribution in [0.2, 0.25) is 0 Å². The molecule has 3 nitrogen and oxygen atoms in total. The molecule has 0 radical (unpaired) electrons. The number of aryl methyl sites for hydroxylation is 1. The minimum atomic E-state index is -0.900. The number of benzene rings is 1. The fourth-order valence-corrected chi connectivity index (χ4v) is 5.42. The van der Waals surface area contributed by atoms with Crippen molar-refractivity contribution in [1.82, 2.24) is 0 Å². The van der Waals surface area contributed by atoms with E-state index in [9.17, 15) is 9.90 Å². The maximum Gasteiger partial charge on any atom is 0.339 e. The first-order valence-corrected chi connectivity index (χ1v) is 8.65. The van der Waals surface area contributed by atoms with Gasteiger partial charge in [-0.25, -0.2) is 4.79 Å². The third kappa shape index (κ3) is 2.13. The maximum atomic E-state index is 11.5. The lowest BCUT2D eigenvalue weighted by atomic mass is 9.55. The van der Waals surface area contributed by atoms with Gasteiger partial charge in [0.1, 0.15) is 11.3 Å². The minimum Gasteiger partial charge on any atom is -0.496 e. The Morgan fingerprint density at radius 1 is 1.35 bits per heavy atom. The van der Waals surface area contributed by atoms with Crippen molar-refractivity contribution < 1.29 is 14.6 Å². The van der Waals surface area contributed by atoms with Gasteiger partial charge in [-0.1, -0.05) is 19.1 Å². The molecule has 0 amide bonds. The van der Waals surface area contributed by atoms with E-state index in [4.69, 9.17) is 4.74 Å². The molecule has 3 aliphatic carbocycles. The number of ether oxygens (including phenoxy) is 1. The molecule has 0 spiro atoms. The lowest BCUT2D eigenvalue weighted by molar-refractivity contribution is 0.0692. The Bertz CT molecular complexity index is 690. The third-order valence-corrected chi connectivity index (χ3v) is 6.60. The second-order valence-corrected chi connectivity index (χ2v) is 7.65. The molecule has 1 saturated carbocycles. The zero-order valence-electron chi connectivity index (χ0n) is 13.8. The van der Waals surface area contributed by atoms with Crippen molar-refractivity contribution in [3.63, 3.8) is 0 Å². The third-order valence-electron chi connectivity index (χ3n) is 6.60. The zero-order valence-corrected chi connectivity index (χ0v) is 13.8. The van der Waals surface area contributed by atoms with Crippen LogP contribution in [0.1, 0.15) is 60.0 Å². The van der Waals surface area contributed by atoms with Crippen LogP contribution in [0.25, 0.3) is 0 Å². The van der Waals surface area contributed by atoms with Gasteiger partial charge in [0, 0.05) is 0 Å². The van der Waals surface area contributed by atoms with Crippen LogP contribution in [0.4, 0.5) is 0 Å². The van der Waals surface area contributed by atoms with Crippen LogP contribution in [0.5, 0.6) is 5.75 Å². The van der Waals surface area contributed by atoms with Crippen LogP contribution < -0.4 is 4.74 Å². The second kappa shape index (κ2) is 5.12. The first-order chi connectivity index (χ1) is 11.0. The van der Waals surface area contributed by atoms with Crippen molar-refractivity contribution in [2.45, 2.75) is 44.9 Å². The van der Waals surface area contributed by atoms with Crippen molar-refractivity contribution in [3.8, 4) is 5.75 Å².